The summed E-state index contributed by atoms with van der Waals surface area (Å²) in [6, 6.07) is 9.78. The number of esters is 2. The molecular weight excluding hydrogens is 532 g/mol. The van der Waals surface area contributed by atoms with E-state index in [9.17, 15) is 9.59 Å². The fourth-order valence-corrected chi connectivity index (χ4v) is 11.9. The third-order valence-corrected chi connectivity index (χ3v) is 14.6. The molecule has 228 valence electrons. The minimum absolute atomic E-state index is 0.157. The summed E-state index contributed by atoms with van der Waals surface area (Å²) in [4.78, 5) is 27.6. The van der Waals surface area contributed by atoms with Gasteiger partial charge in [0, 0.05) is 12.3 Å². The standard InChI is InChI=1S/C34H52O6Si/c1-10-30(39-24-28-17-14-13-15-18-28)21-22-34(32(35)37-11-2,33(36)38-12-3)29-19-16-20-31(23-29)40-41(25(4)5,26(6)7)27(8)9/h1,13-15,17-18,23,25-27,29-30H,11-12,16,19-22,24H2,2-9H3. The quantitative estimate of drug-likeness (QED) is 0.0849. The highest BCUT2D eigenvalue weighted by atomic mass is 28.4. The Bertz CT molecular complexity index is 999. The van der Waals surface area contributed by atoms with Gasteiger partial charge >= 0.3 is 11.9 Å². The number of rotatable bonds is 16. The predicted molar refractivity (Wildman–Crippen MR) is 166 cm³/mol. The predicted octanol–water partition coefficient (Wildman–Crippen LogP) is 7.97. The van der Waals surface area contributed by atoms with Gasteiger partial charge in [0.2, 0.25) is 0 Å². The van der Waals surface area contributed by atoms with Crippen molar-refractivity contribution in [3.05, 3.63) is 47.7 Å². The van der Waals surface area contributed by atoms with E-state index in [1.165, 1.54) is 0 Å². The van der Waals surface area contributed by atoms with Crippen LogP contribution >= 0.6 is 0 Å². The maximum atomic E-state index is 13.8. The lowest BCUT2D eigenvalue weighted by Crippen LogP contribution is -2.50. The van der Waals surface area contributed by atoms with E-state index in [0.717, 1.165) is 24.2 Å². The summed E-state index contributed by atoms with van der Waals surface area (Å²) in [5.74, 6) is 2.02. The molecule has 0 N–H and O–H groups in total. The van der Waals surface area contributed by atoms with Crippen LogP contribution in [0.1, 0.15) is 93.1 Å². The fraction of sp³-hybridized carbons (Fsp3) is 0.647. The molecule has 2 unspecified atom stereocenters. The van der Waals surface area contributed by atoms with Gasteiger partial charge in [-0.3, -0.25) is 9.59 Å². The highest BCUT2D eigenvalue weighted by Gasteiger charge is 2.55. The average molecular weight is 585 g/mol. The molecule has 1 aliphatic rings. The Morgan fingerprint density at radius 2 is 1.54 bits per heavy atom. The van der Waals surface area contributed by atoms with Crippen LogP contribution in [0.25, 0.3) is 0 Å². The molecule has 0 saturated heterocycles. The van der Waals surface area contributed by atoms with Crippen molar-refractivity contribution in [1.82, 2.24) is 0 Å². The topological polar surface area (TPSA) is 71.1 Å². The third kappa shape index (κ3) is 8.26. The third-order valence-electron chi connectivity index (χ3n) is 8.53. The monoisotopic (exact) mass is 584 g/mol. The number of hydrogen-bond donors (Lipinski definition) is 0. The van der Waals surface area contributed by atoms with Gasteiger partial charge in [-0.1, -0.05) is 77.8 Å². The van der Waals surface area contributed by atoms with E-state index in [1.54, 1.807) is 13.8 Å². The van der Waals surface area contributed by atoms with Crippen LogP contribution in [0.5, 0.6) is 0 Å². The molecule has 1 aromatic carbocycles. The van der Waals surface area contributed by atoms with Crippen molar-refractivity contribution in [2.45, 2.75) is 117 Å². The van der Waals surface area contributed by atoms with E-state index < -0.39 is 37.7 Å². The van der Waals surface area contributed by atoms with Gasteiger partial charge in [-0.15, -0.1) is 6.42 Å². The minimum atomic E-state index is -2.22. The summed E-state index contributed by atoms with van der Waals surface area (Å²) < 4.78 is 24.2. The van der Waals surface area contributed by atoms with Gasteiger partial charge in [-0.25, -0.2) is 0 Å². The molecule has 2 atom stereocenters. The highest BCUT2D eigenvalue weighted by Crippen LogP contribution is 2.48. The fourth-order valence-electron chi connectivity index (χ4n) is 6.58. The molecule has 1 aromatic rings. The number of ether oxygens (including phenoxy) is 3. The molecule has 0 bridgehead atoms. The van der Waals surface area contributed by atoms with Crippen LogP contribution in [0.2, 0.25) is 16.6 Å². The van der Waals surface area contributed by atoms with Crippen LogP contribution in [0.4, 0.5) is 0 Å². The zero-order valence-electron chi connectivity index (χ0n) is 26.5. The van der Waals surface area contributed by atoms with Crippen molar-refractivity contribution in [3.63, 3.8) is 0 Å². The zero-order valence-corrected chi connectivity index (χ0v) is 27.5. The van der Waals surface area contributed by atoms with Crippen molar-refractivity contribution in [1.29, 1.82) is 0 Å². The van der Waals surface area contributed by atoms with Crippen LogP contribution in [0.15, 0.2) is 42.2 Å². The second-order valence-corrected chi connectivity index (χ2v) is 17.3. The molecule has 1 aliphatic carbocycles. The highest BCUT2D eigenvalue weighted by molar-refractivity contribution is 6.77. The molecule has 0 heterocycles. The van der Waals surface area contributed by atoms with E-state index in [4.69, 9.17) is 25.1 Å². The summed E-state index contributed by atoms with van der Waals surface area (Å²) in [5, 5.41) is 0. The number of carbonyl (C=O) groups is 2. The van der Waals surface area contributed by atoms with Crippen LogP contribution in [0.3, 0.4) is 0 Å². The molecule has 0 amide bonds. The Morgan fingerprint density at radius 1 is 0.976 bits per heavy atom. The van der Waals surface area contributed by atoms with Gasteiger partial charge in [-0.2, -0.15) is 0 Å². The van der Waals surface area contributed by atoms with Crippen molar-refractivity contribution in [2.75, 3.05) is 13.2 Å². The van der Waals surface area contributed by atoms with Gasteiger partial charge in [0.1, 0.15) is 6.10 Å². The minimum Gasteiger partial charge on any atom is -0.546 e. The Balaban J connectivity index is 2.48. The molecule has 0 aliphatic heterocycles. The summed E-state index contributed by atoms with van der Waals surface area (Å²) >= 11 is 0. The van der Waals surface area contributed by atoms with Crippen LogP contribution in [0, 0.1) is 23.7 Å². The second-order valence-electron chi connectivity index (χ2n) is 12.0. The lowest BCUT2D eigenvalue weighted by atomic mass is 9.67. The van der Waals surface area contributed by atoms with Crippen molar-refractivity contribution < 1.29 is 28.2 Å². The Labute approximate surface area is 249 Å². The smallest absolute Gasteiger partial charge is 0.324 e. The molecule has 0 aromatic heterocycles. The van der Waals surface area contributed by atoms with Crippen molar-refractivity contribution in [2.24, 2.45) is 11.3 Å². The first kappa shape index (κ1) is 34.6. The van der Waals surface area contributed by atoms with E-state index in [-0.39, 0.29) is 19.6 Å². The van der Waals surface area contributed by atoms with E-state index >= 15 is 0 Å². The molecule has 0 spiro atoms. The van der Waals surface area contributed by atoms with Gasteiger partial charge in [0.25, 0.3) is 8.32 Å². The molecule has 7 heteroatoms. The lowest BCUT2D eigenvalue weighted by Gasteiger charge is -2.44. The summed E-state index contributed by atoms with van der Waals surface area (Å²) in [6.45, 7) is 17.7. The number of hydrogen-bond acceptors (Lipinski definition) is 6. The molecule has 0 radical (unpaired) electrons. The first-order valence-corrected chi connectivity index (χ1v) is 17.5. The zero-order chi connectivity index (χ0) is 30.6. The summed E-state index contributed by atoms with van der Waals surface area (Å²) in [7, 11) is -2.22. The van der Waals surface area contributed by atoms with Crippen LogP contribution in [-0.2, 0) is 34.8 Å². The van der Waals surface area contributed by atoms with Crippen LogP contribution < -0.4 is 0 Å². The number of benzene rings is 1. The largest absolute Gasteiger partial charge is 0.546 e. The Hall–Kier alpha value is -2.56. The van der Waals surface area contributed by atoms with Gasteiger partial charge < -0.3 is 18.6 Å². The molecule has 41 heavy (non-hydrogen) atoms. The molecule has 0 saturated carbocycles. The summed E-state index contributed by atoms with van der Waals surface area (Å²) in [6.07, 6.45) is 10.0. The van der Waals surface area contributed by atoms with Crippen molar-refractivity contribution >= 4 is 20.3 Å². The van der Waals surface area contributed by atoms with Crippen LogP contribution in [-0.4, -0.2) is 39.6 Å². The van der Waals surface area contributed by atoms with Gasteiger partial charge in [-0.05, 0) is 67.8 Å². The maximum absolute atomic E-state index is 13.8. The molecular formula is C34H52O6Si. The average Bonchev–Trinajstić information content (AvgIpc) is 2.94. The van der Waals surface area contributed by atoms with Gasteiger partial charge in [0.15, 0.2) is 5.41 Å². The van der Waals surface area contributed by atoms with E-state index in [1.807, 2.05) is 36.4 Å². The van der Waals surface area contributed by atoms with Crippen molar-refractivity contribution in [3.8, 4) is 12.3 Å². The second kappa shape index (κ2) is 16.2. The normalized spacial score (nSPS) is 16.7. The number of allylic oxidation sites excluding steroid dienone is 2. The molecule has 2 rings (SSSR count). The van der Waals surface area contributed by atoms with Gasteiger partial charge in [0.05, 0.1) is 25.6 Å². The lowest BCUT2D eigenvalue weighted by molar-refractivity contribution is -0.177. The Morgan fingerprint density at radius 3 is 2.02 bits per heavy atom. The molecule has 0 fully saturated rings. The summed E-state index contributed by atoms with van der Waals surface area (Å²) in [5.41, 5.74) is 0.676. The van der Waals surface area contributed by atoms with E-state index in [2.05, 4.69) is 47.5 Å². The first-order chi connectivity index (χ1) is 19.5. The SMILES string of the molecule is C#CC(CCC(C(=O)OCC)(C(=O)OCC)C1C=C(O[Si](C(C)C)(C(C)C)C(C)C)CCC1)OCc1ccccc1. The first-order valence-electron chi connectivity index (χ1n) is 15.3. The Kier molecular flexibility index (Phi) is 13.7. The maximum Gasteiger partial charge on any atom is 0.324 e. The molecule has 6 nitrogen and oxygen atoms in total. The van der Waals surface area contributed by atoms with E-state index in [0.29, 0.717) is 36.1 Å². The number of carbonyl (C=O) groups excluding carboxylic acids is 2. The number of terminal acetylenes is 1.